The molecule has 0 aromatic rings. The molecule has 1 unspecified atom stereocenters. The van der Waals surface area contributed by atoms with Gasteiger partial charge in [0.1, 0.15) is 0 Å². The van der Waals surface area contributed by atoms with Crippen molar-refractivity contribution in [3.05, 3.63) is 0 Å². The van der Waals surface area contributed by atoms with Crippen LogP contribution in [0.2, 0.25) is 0 Å². The molecule has 0 N–H and O–H groups in total. The molecule has 2 aliphatic heterocycles. The third-order valence-electron chi connectivity index (χ3n) is 4.19. The second-order valence-corrected chi connectivity index (χ2v) is 5.88. The molecule has 2 aliphatic rings. The van der Waals surface area contributed by atoms with E-state index in [4.69, 9.17) is 4.74 Å². The van der Waals surface area contributed by atoms with E-state index in [0.717, 1.165) is 12.6 Å². The van der Waals surface area contributed by atoms with Crippen LogP contribution in [0.5, 0.6) is 0 Å². The number of ether oxygens (including phenoxy) is 1. The van der Waals surface area contributed by atoms with Gasteiger partial charge in [0, 0.05) is 38.3 Å². The normalized spacial score (nSPS) is 29.1. The van der Waals surface area contributed by atoms with Gasteiger partial charge in [-0.15, -0.1) is 0 Å². The number of hydrogen-bond acceptors (Lipinski definition) is 3. The highest BCUT2D eigenvalue weighted by atomic mass is 16.5. The van der Waals surface area contributed by atoms with E-state index in [0.29, 0.717) is 0 Å². The summed E-state index contributed by atoms with van der Waals surface area (Å²) in [5, 5.41) is 0. The maximum atomic E-state index is 5.34. The first-order chi connectivity index (χ1) is 7.63. The lowest BCUT2D eigenvalue weighted by Crippen LogP contribution is -2.61. The molecule has 2 saturated heterocycles. The van der Waals surface area contributed by atoms with Gasteiger partial charge in [-0.3, -0.25) is 9.80 Å². The molecule has 0 bridgehead atoms. The number of nitrogens with zero attached hydrogens (tertiary/aromatic N) is 2. The molecule has 2 fully saturated rings. The van der Waals surface area contributed by atoms with Gasteiger partial charge in [-0.1, -0.05) is 6.42 Å². The predicted molar refractivity (Wildman–Crippen MR) is 66.7 cm³/mol. The Morgan fingerprint density at radius 1 is 1.19 bits per heavy atom. The minimum absolute atomic E-state index is 0.193. The first-order valence-electron chi connectivity index (χ1n) is 6.61. The largest absolute Gasteiger partial charge is 0.383 e. The first kappa shape index (κ1) is 12.3. The number of rotatable bonds is 3. The van der Waals surface area contributed by atoms with Crippen LogP contribution in [0.1, 0.15) is 33.1 Å². The van der Waals surface area contributed by atoms with Gasteiger partial charge >= 0.3 is 0 Å². The van der Waals surface area contributed by atoms with Gasteiger partial charge < -0.3 is 4.74 Å². The van der Waals surface area contributed by atoms with E-state index in [1.165, 1.54) is 45.4 Å². The lowest BCUT2D eigenvalue weighted by molar-refractivity contribution is -0.0299. The highest BCUT2D eigenvalue weighted by molar-refractivity contribution is 4.91. The smallest absolute Gasteiger partial charge is 0.0641 e. The summed E-state index contributed by atoms with van der Waals surface area (Å²) < 4.78 is 5.34. The van der Waals surface area contributed by atoms with Crippen LogP contribution >= 0.6 is 0 Å². The van der Waals surface area contributed by atoms with Crippen molar-refractivity contribution in [2.24, 2.45) is 0 Å². The Kier molecular flexibility index (Phi) is 3.88. The molecular formula is C13H26N2O. The lowest BCUT2D eigenvalue weighted by Gasteiger charge is -2.49. The molecule has 0 spiro atoms. The van der Waals surface area contributed by atoms with Crippen LogP contribution in [0.3, 0.4) is 0 Å². The molecule has 3 heteroatoms. The van der Waals surface area contributed by atoms with Crippen LogP contribution in [0, 0.1) is 0 Å². The van der Waals surface area contributed by atoms with Crippen LogP contribution in [0.15, 0.2) is 0 Å². The molecule has 0 aromatic carbocycles. The molecule has 0 radical (unpaired) electrons. The van der Waals surface area contributed by atoms with Gasteiger partial charge in [0.25, 0.3) is 0 Å². The van der Waals surface area contributed by atoms with Crippen LogP contribution in [0.25, 0.3) is 0 Å². The van der Waals surface area contributed by atoms with E-state index in [2.05, 4.69) is 23.6 Å². The summed E-state index contributed by atoms with van der Waals surface area (Å²) in [4.78, 5) is 5.30. The minimum Gasteiger partial charge on any atom is -0.383 e. The molecule has 2 heterocycles. The third-order valence-corrected chi connectivity index (χ3v) is 4.19. The summed E-state index contributed by atoms with van der Waals surface area (Å²) in [5.41, 5.74) is 0.193. The molecule has 94 valence electrons. The number of methoxy groups -OCH3 is 1. The Labute approximate surface area is 99.7 Å². The number of piperidine rings is 1. The van der Waals surface area contributed by atoms with Crippen molar-refractivity contribution in [1.29, 1.82) is 0 Å². The van der Waals surface area contributed by atoms with E-state index >= 15 is 0 Å². The van der Waals surface area contributed by atoms with Crippen molar-refractivity contribution in [1.82, 2.24) is 9.80 Å². The summed E-state index contributed by atoms with van der Waals surface area (Å²) in [7, 11) is 1.80. The van der Waals surface area contributed by atoms with Gasteiger partial charge in [-0.25, -0.2) is 0 Å². The summed E-state index contributed by atoms with van der Waals surface area (Å²) in [6.45, 7) is 10.4. The standard InChI is InChI=1S/C13H26N2O/c1-13(2,11-16-3)15-9-8-14-7-5-4-6-12(14)10-15/h12H,4-11H2,1-3H3. The zero-order chi connectivity index (χ0) is 11.6. The molecular weight excluding hydrogens is 200 g/mol. The lowest BCUT2D eigenvalue weighted by atomic mass is 9.95. The Balaban J connectivity index is 1.94. The highest BCUT2D eigenvalue weighted by Crippen LogP contribution is 2.25. The fourth-order valence-electron chi connectivity index (χ4n) is 3.15. The van der Waals surface area contributed by atoms with E-state index < -0.39 is 0 Å². The van der Waals surface area contributed by atoms with E-state index in [1.54, 1.807) is 7.11 Å². The molecule has 0 aromatic heterocycles. The first-order valence-corrected chi connectivity index (χ1v) is 6.61. The second-order valence-electron chi connectivity index (χ2n) is 5.88. The maximum Gasteiger partial charge on any atom is 0.0641 e. The van der Waals surface area contributed by atoms with E-state index in [9.17, 15) is 0 Å². The Morgan fingerprint density at radius 3 is 2.75 bits per heavy atom. The molecule has 0 aliphatic carbocycles. The summed E-state index contributed by atoms with van der Waals surface area (Å²) in [6.07, 6.45) is 4.21. The van der Waals surface area contributed by atoms with Crippen molar-refractivity contribution >= 4 is 0 Å². The van der Waals surface area contributed by atoms with Crippen LogP contribution in [-0.2, 0) is 4.74 Å². The highest BCUT2D eigenvalue weighted by Gasteiger charge is 2.35. The van der Waals surface area contributed by atoms with Crippen molar-refractivity contribution < 1.29 is 4.74 Å². The fourth-order valence-corrected chi connectivity index (χ4v) is 3.15. The molecule has 0 amide bonds. The van der Waals surface area contributed by atoms with Gasteiger partial charge in [-0.2, -0.15) is 0 Å². The van der Waals surface area contributed by atoms with Crippen molar-refractivity contribution in [3.8, 4) is 0 Å². The number of fused-ring (bicyclic) bond motifs is 1. The van der Waals surface area contributed by atoms with Gasteiger partial charge in [-0.05, 0) is 33.2 Å². The Bertz CT molecular complexity index is 230. The Morgan fingerprint density at radius 2 is 2.00 bits per heavy atom. The van der Waals surface area contributed by atoms with Gasteiger partial charge in [0.05, 0.1) is 6.61 Å². The van der Waals surface area contributed by atoms with Gasteiger partial charge in [0.15, 0.2) is 0 Å². The van der Waals surface area contributed by atoms with Crippen molar-refractivity contribution in [2.75, 3.05) is 39.9 Å². The SMILES string of the molecule is COCC(C)(C)N1CCN2CCCCC2C1. The quantitative estimate of drug-likeness (QED) is 0.727. The zero-order valence-corrected chi connectivity index (χ0v) is 11.0. The summed E-state index contributed by atoms with van der Waals surface area (Å²) >= 11 is 0. The third kappa shape index (κ3) is 2.58. The number of piperazine rings is 1. The van der Waals surface area contributed by atoms with Crippen LogP contribution < -0.4 is 0 Å². The number of hydrogen-bond donors (Lipinski definition) is 0. The second kappa shape index (κ2) is 5.03. The zero-order valence-electron chi connectivity index (χ0n) is 11.0. The topological polar surface area (TPSA) is 15.7 Å². The molecule has 2 rings (SSSR count). The minimum atomic E-state index is 0.193. The molecule has 3 nitrogen and oxygen atoms in total. The van der Waals surface area contributed by atoms with E-state index in [1.807, 2.05) is 0 Å². The summed E-state index contributed by atoms with van der Waals surface area (Å²) in [6, 6.07) is 0.804. The molecule has 0 saturated carbocycles. The van der Waals surface area contributed by atoms with Gasteiger partial charge in [0.2, 0.25) is 0 Å². The monoisotopic (exact) mass is 226 g/mol. The average molecular weight is 226 g/mol. The predicted octanol–water partition coefficient (Wildman–Crippen LogP) is 1.58. The fraction of sp³-hybridized carbons (Fsp3) is 1.00. The summed E-state index contributed by atoms with van der Waals surface area (Å²) in [5.74, 6) is 0. The van der Waals surface area contributed by atoms with Crippen molar-refractivity contribution in [2.45, 2.75) is 44.7 Å². The average Bonchev–Trinajstić information content (AvgIpc) is 2.28. The van der Waals surface area contributed by atoms with Crippen molar-refractivity contribution in [3.63, 3.8) is 0 Å². The van der Waals surface area contributed by atoms with Crippen LogP contribution in [-0.4, -0.2) is 61.3 Å². The van der Waals surface area contributed by atoms with E-state index in [-0.39, 0.29) is 5.54 Å². The molecule has 16 heavy (non-hydrogen) atoms. The van der Waals surface area contributed by atoms with Crippen LogP contribution in [0.4, 0.5) is 0 Å². The molecule has 1 atom stereocenters. The maximum absolute atomic E-state index is 5.34. The Hall–Kier alpha value is -0.120.